The van der Waals surface area contributed by atoms with Crippen LogP contribution in [0.2, 0.25) is 0 Å². The number of carbonyl (C=O) groups excluding carboxylic acids is 1. The van der Waals surface area contributed by atoms with E-state index in [1.807, 2.05) is 6.92 Å². The minimum atomic E-state index is 0.0436. The van der Waals surface area contributed by atoms with Gasteiger partial charge in [-0.15, -0.1) is 11.8 Å². The molecule has 1 unspecified atom stereocenters. The number of nitrogens with zero attached hydrogens (tertiary/aromatic N) is 2. The Morgan fingerprint density at radius 1 is 1.43 bits per heavy atom. The number of carbonyl (C=O) groups is 1. The maximum Gasteiger partial charge on any atom is 0.268 e. The van der Waals surface area contributed by atoms with Crippen LogP contribution in [0.1, 0.15) is 45.2 Å². The summed E-state index contributed by atoms with van der Waals surface area (Å²) in [6.45, 7) is 4.64. The molecule has 0 bridgehead atoms. The third-order valence-electron chi connectivity index (χ3n) is 4.33. The molecule has 23 heavy (non-hydrogen) atoms. The monoisotopic (exact) mass is 353 g/mol. The van der Waals surface area contributed by atoms with Crippen LogP contribution < -0.4 is 10.9 Å². The number of nitrogens with one attached hydrogen (secondary N) is 1. The highest BCUT2D eigenvalue weighted by Crippen LogP contribution is 2.34. The molecule has 3 rings (SSSR count). The van der Waals surface area contributed by atoms with E-state index >= 15 is 0 Å². The molecule has 0 aromatic carbocycles. The normalized spacial score (nSPS) is 20.7. The quantitative estimate of drug-likeness (QED) is 0.651. The molecule has 0 saturated heterocycles. The van der Waals surface area contributed by atoms with Crippen molar-refractivity contribution in [3.63, 3.8) is 0 Å². The molecule has 2 aliphatic rings. The molecule has 1 atom stereocenters. The van der Waals surface area contributed by atoms with Gasteiger partial charge in [0.05, 0.1) is 16.3 Å². The Bertz CT molecular complexity index is 653. The lowest BCUT2D eigenvalue weighted by molar-refractivity contribution is -0.119. The summed E-state index contributed by atoms with van der Waals surface area (Å²) in [5.41, 5.74) is 0.946. The van der Waals surface area contributed by atoms with E-state index < -0.39 is 0 Å². The topological polar surface area (TPSA) is 64.0 Å². The van der Waals surface area contributed by atoms with Gasteiger partial charge in [-0.2, -0.15) is 0 Å². The number of hydrogen-bond donors (Lipinski definition) is 1. The minimum Gasteiger partial charge on any atom is -0.353 e. The average molecular weight is 354 g/mol. The smallest absolute Gasteiger partial charge is 0.268 e. The van der Waals surface area contributed by atoms with Crippen molar-refractivity contribution in [1.82, 2.24) is 14.9 Å². The number of aromatic nitrogens is 2. The number of hydrogen-bond acceptors (Lipinski definition) is 5. The van der Waals surface area contributed by atoms with E-state index in [9.17, 15) is 9.59 Å². The predicted octanol–water partition coefficient (Wildman–Crippen LogP) is 2.45. The van der Waals surface area contributed by atoms with Crippen LogP contribution in [0.3, 0.4) is 0 Å². The Hall–Kier alpha value is -0.950. The Balaban J connectivity index is 1.70. The molecule has 1 aliphatic carbocycles. The number of amides is 1. The SMILES string of the molecule is CCn1c(SCC(=O)NC2CCCC2)nc2c(c1=O)SC(C)C2. The van der Waals surface area contributed by atoms with Crippen LogP contribution in [0.15, 0.2) is 14.8 Å². The fourth-order valence-electron chi connectivity index (χ4n) is 3.19. The van der Waals surface area contributed by atoms with Crippen molar-refractivity contribution < 1.29 is 4.79 Å². The molecule has 1 saturated carbocycles. The van der Waals surface area contributed by atoms with E-state index in [-0.39, 0.29) is 11.5 Å². The molecule has 2 heterocycles. The van der Waals surface area contributed by atoms with Crippen LogP contribution in [0.5, 0.6) is 0 Å². The summed E-state index contributed by atoms with van der Waals surface area (Å²) in [5.74, 6) is 0.367. The van der Waals surface area contributed by atoms with Crippen molar-refractivity contribution in [3.05, 3.63) is 16.0 Å². The van der Waals surface area contributed by atoms with Crippen molar-refractivity contribution in [2.24, 2.45) is 0 Å². The lowest BCUT2D eigenvalue weighted by Crippen LogP contribution is -2.34. The third-order valence-corrected chi connectivity index (χ3v) is 6.52. The molecule has 0 spiro atoms. The average Bonchev–Trinajstić information content (AvgIpc) is 3.14. The van der Waals surface area contributed by atoms with Crippen LogP contribution in [0.25, 0.3) is 0 Å². The first-order valence-corrected chi connectivity index (χ1v) is 10.2. The lowest BCUT2D eigenvalue weighted by atomic mass is 10.2. The highest BCUT2D eigenvalue weighted by Gasteiger charge is 2.26. The summed E-state index contributed by atoms with van der Waals surface area (Å²) in [6, 6.07) is 0.335. The Kier molecular flexibility index (Phi) is 5.36. The molecule has 1 aliphatic heterocycles. The first-order chi connectivity index (χ1) is 11.1. The zero-order valence-corrected chi connectivity index (χ0v) is 15.3. The summed E-state index contributed by atoms with van der Waals surface area (Å²) in [4.78, 5) is 30.1. The molecule has 1 aromatic heterocycles. The molecule has 1 amide bonds. The van der Waals surface area contributed by atoms with Crippen LogP contribution in [-0.2, 0) is 17.8 Å². The number of fused-ring (bicyclic) bond motifs is 1. The molecule has 1 fully saturated rings. The number of thioether (sulfide) groups is 2. The molecule has 1 N–H and O–H groups in total. The molecule has 5 nitrogen and oxygen atoms in total. The zero-order chi connectivity index (χ0) is 16.4. The summed E-state index contributed by atoms with van der Waals surface area (Å²) in [7, 11) is 0. The maximum atomic E-state index is 12.6. The Morgan fingerprint density at radius 2 is 2.17 bits per heavy atom. The first-order valence-electron chi connectivity index (χ1n) is 8.31. The molecular formula is C16H23N3O2S2. The maximum absolute atomic E-state index is 12.6. The molecular weight excluding hydrogens is 330 g/mol. The van der Waals surface area contributed by atoms with Crippen LogP contribution in [0.4, 0.5) is 0 Å². The van der Waals surface area contributed by atoms with Crippen molar-refractivity contribution in [3.8, 4) is 0 Å². The van der Waals surface area contributed by atoms with E-state index in [1.54, 1.807) is 16.3 Å². The van der Waals surface area contributed by atoms with E-state index in [4.69, 9.17) is 0 Å². The third kappa shape index (κ3) is 3.76. The summed E-state index contributed by atoms with van der Waals surface area (Å²) in [6.07, 6.45) is 5.41. The van der Waals surface area contributed by atoms with Crippen molar-refractivity contribution in [2.75, 3.05) is 5.75 Å². The second kappa shape index (κ2) is 7.30. The molecule has 7 heteroatoms. The van der Waals surface area contributed by atoms with Crippen LogP contribution >= 0.6 is 23.5 Å². The lowest BCUT2D eigenvalue weighted by Gasteiger charge is -2.13. The summed E-state index contributed by atoms with van der Waals surface area (Å²) >= 11 is 2.99. The highest BCUT2D eigenvalue weighted by molar-refractivity contribution is 8.00. The van der Waals surface area contributed by atoms with Crippen LogP contribution in [-0.4, -0.2) is 32.5 Å². The van der Waals surface area contributed by atoms with Crippen molar-refractivity contribution >= 4 is 29.4 Å². The minimum absolute atomic E-state index is 0.0436. The summed E-state index contributed by atoms with van der Waals surface area (Å²) < 4.78 is 1.69. The van der Waals surface area contributed by atoms with E-state index in [0.29, 0.717) is 28.7 Å². The van der Waals surface area contributed by atoms with Gasteiger partial charge < -0.3 is 5.32 Å². The Labute approximate surface area is 145 Å². The summed E-state index contributed by atoms with van der Waals surface area (Å²) in [5, 5.41) is 4.16. The van der Waals surface area contributed by atoms with Gasteiger partial charge >= 0.3 is 0 Å². The fourth-order valence-corrected chi connectivity index (χ4v) is 5.20. The van der Waals surface area contributed by atoms with Gasteiger partial charge in [0.25, 0.3) is 5.56 Å². The second-order valence-corrected chi connectivity index (χ2v) is 8.58. The first kappa shape index (κ1) is 16.9. The van der Waals surface area contributed by atoms with Crippen molar-refractivity contribution in [1.29, 1.82) is 0 Å². The van der Waals surface area contributed by atoms with E-state index in [2.05, 4.69) is 17.2 Å². The highest BCUT2D eigenvalue weighted by atomic mass is 32.2. The standard InChI is InChI=1S/C16H23N3O2S2/c1-3-19-15(21)14-12(8-10(2)23-14)18-16(19)22-9-13(20)17-11-6-4-5-7-11/h10-11H,3-9H2,1-2H3,(H,17,20). The van der Waals surface area contributed by atoms with Gasteiger partial charge in [-0.1, -0.05) is 31.5 Å². The zero-order valence-electron chi connectivity index (χ0n) is 13.6. The van der Waals surface area contributed by atoms with Gasteiger partial charge in [-0.3, -0.25) is 14.2 Å². The van der Waals surface area contributed by atoms with Gasteiger partial charge in [0.2, 0.25) is 5.91 Å². The molecule has 0 radical (unpaired) electrons. The van der Waals surface area contributed by atoms with Gasteiger partial charge in [-0.25, -0.2) is 4.98 Å². The fraction of sp³-hybridized carbons (Fsp3) is 0.688. The number of rotatable bonds is 5. The van der Waals surface area contributed by atoms with E-state index in [0.717, 1.165) is 29.9 Å². The molecule has 126 valence electrons. The van der Waals surface area contributed by atoms with Gasteiger partial charge in [0.1, 0.15) is 0 Å². The van der Waals surface area contributed by atoms with Gasteiger partial charge in [0.15, 0.2) is 5.16 Å². The largest absolute Gasteiger partial charge is 0.353 e. The van der Waals surface area contributed by atoms with Gasteiger partial charge in [0, 0.05) is 24.3 Å². The van der Waals surface area contributed by atoms with E-state index in [1.165, 1.54) is 24.6 Å². The van der Waals surface area contributed by atoms with Gasteiger partial charge in [-0.05, 0) is 19.8 Å². The molecule has 1 aromatic rings. The second-order valence-electron chi connectivity index (χ2n) is 6.19. The van der Waals surface area contributed by atoms with Crippen LogP contribution in [0, 0.1) is 0 Å². The van der Waals surface area contributed by atoms with Crippen molar-refractivity contribution in [2.45, 2.75) is 73.8 Å². The Morgan fingerprint density at radius 3 is 2.87 bits per heavy atom. The predicted molar refractivity (Wildman–Crippen MR) is 94.3 cm³/mol.